The van der Waals surface area contributed by atoms with Crippen molar-refractivity contribution in [1.82, 2.24) is 15.1 Å². The fraction of sp³-hybridized carbons (Fsp3) is 0.857. The predicted molar refractivity (Wildman–Crippen MR) is 77.2 cm³/mol. The molecule has 120 valence electrons. The lowest BCUT2D eigenvalue weighted by Crippen LogP contribution is -2.66. The van der Waals surface area contributed by atoms with Gasteiger partial charge in [0.25, 0.3) is 0 Å². The van der Waals surface area contributed by atoms with E-state index < -0.39 is 11.6 Å². The van der Waals surface area contributed by atoms with E-state index in [2.05, 4.69) is 10.2 Å². The van der Waals surface area contributed by atoms with Gasteiger partial charge in [-0.1, -0.05) is 0 Å². The van der Waals surface area contributed by atoms with Crippen molar-refractivity contribution in [2.24, 2.45) is 0 Å². The number of nitrogens with zero attached hydrogens (tertiary/aromatic N) is 2. The smallest absolute Gasteiger partial charge is 0.329 e. The lowest BCUT2D eigenvalue weighted by Gasteiger charge is -2.49. The van der Waals surface area contributed by atoms with Gasteiger partial charge in [-0.3, -0.25) is 0 Å². The highest BCUT2D eigenvalue weighted by atomic mass is 16.5. The Hall–Kier alpha value is -1.34. The van der Waals surface area contributed by atoms with Gasteiger partial charge < -0.3 is 25.0 Å². The van der Waals surface area contributed by atoms with Crippen molar-refractivity contribution < 1.29 is 19.4 Å². The van der Waals surface area contributed by atoms with Gasteiger partial charge in [0.15, 0.2) is 0 Å². The van der Waals surface area contributed by atoms with Gasteiger partial charge in [0.1, 0.15) is 12.2 Å². The highest BCUT2D eigenvalue weighted by Gasteiger charge is 2.44. The molecule has 1 saturated heterocycles. The second-order valence-electron chi connectivity index (χ2n) is 6.62. The number of urea groups is 1. The molecule has 21 heavy (non-hydrogen) atoms. The number of hydrogen-bond donors (Lipinski definition) is 2. The molecule has 0 aromatic rings. The lowest BCUT2D eigenvalue weighted by molar-refractivity contribution is -0.159. The normalized spacial score (nSPS) is 22.4. The van der Waals surface area contributed by atoms with Crippen LogP contribution in [-0.4, -0.2) is 78.4 Å². The van der Waals surface area contributed by atoms with E-state index in [1.165, 1.54) is 6.42 Å². The van der Waals surface area contributed by atoms with E-state index in [0.717, 1.165) is 12.8 Å². The fourth-order valence-corrected chi connectivity index (χ4v) is 2.95. The Labute approximate surface area is 125 Å². The summed E-state index contributed by atoms with van der Waals surface area (Å²) in [4.78, 5) is 26.4. The van der Waals surface area contributed by atoms with E-state index in [0.29, 0.717) is 19.6 Å². The third-order valence-electron chi connectivity index (χ3n) is 4.68. The zero-order valence-electron chi connectivity index (χ0n) is 13.0. The van der Waals surface area contributed by atoms with Crippen LogP contribution in [0.5, 0.6) is 0 Å². The van der Waals surface area contributed by atoms with Crippen molar-refractivity contribution in [3.05, 3.63) is 0 Å². The second-order valence-corrected chi connectivity index (χ2v) is 6.62. The molecule has 2 aliphatic rings. The molecule has 0 bridgehead atoms. The molecular weight excluding hydrogens is 274 g/mol. The minimum absolute atomic E-state index is 0.0977. The third kappa shape index (κ3) is 3.47. The number of hydrogen-bond acceptors (Lipinski definition) is 4. The topological polar surface area (TPSA) is 82.1 Å². The van der Waals surface area contributed by atoms with Gasteiger partial charge in [0, 0.05) is 12.1 Å². The average molecular weight is 299 g/mol. The van der Waals surface area contributed by atoms with Crippen LogP contribution in [0.1, 0.15) is 26.2 Å². The third-order valence-corrected chi connectivity index (χ3v) is 4.68. The molecule has 7 nitrogen and oxygen atoms in total. The molecule has 1 saturated carbocycles. The van der Waals surface area contributed by atoms with Crippen LogP contribution in [-0.2, 0) is 9.53 Å². The van der Waals surface area contributed by atoms with Crippen LogP contribution >= 0.6 is 0 Å². The fourth-order valence-electron chi connectivity index (χ4n) is 2.95. The number of amides is 2. The number of rotatable bonds is 6. The Bertz CT molecular complexity index is 414. The molecule has 0 radical (unpaired) electrons. The molecule has 0 unspecified atom stereocenters. The summed E-state index contributed by atoms with van der Waals surface area (Å²) in [6.07, 6.45) is 3.43. The van der Waals surface area contributed by atoms with Crippen LogP contribution in [0.2, 0.25) is 0 Å². The summed E-state index contributed by atoms with van der Waals surface area (Å²) in [5.74, 6) is -0.989. The second kappa shape index (κ2) is 5.81. The summed E-state index contributed by atoms with van der Waals surface area (Å²) in [6, 6.07) is -0.0977. The average Bonchev–Trinajstić information content (AvgIpc) is 2.30. The standard InChI is InChI=1S/C14H25N3O4/c1-13(21-7-11(18)19)9-17(10-13)12(20)15-8-14(16(2)3)5-4-6-14/h4-10H2,1-3H3,(H,15,20)(H,18,19). The summed E-state index contributed by atoms with van der Waals surface area (Å²) in [5, 5.41) is 11.6. The van der Waals surface area contributed by atoms with E-state index in [1.54, 1.807) is 4.90 Å². The van der Waals surface area contributed by atoms with E-state index in [-0.39, 0.29) is 18.2 Å². The van der Waals surface area contributed by atoms with Gasteiger partial charge >= 0.3 is 12.0 Å². The van der Waals surface area contributed by atoms with Gasteiger partial charge in [-0.2, -0.15) is 0 Å². The number of carbonyl (C=O) groups is 2. The SMILES string of the molecule is CN(C)C1(CNC(=O)N2CC(C)(OCC(=O)O)C2)CCC1. The minimum atomic E-state index is -0.989. The quantitative estimate of drug-likeness (QED) is 0.740. The summed E-state index contributed by atoms with van der Waals surface area (Å²) < 4.78 is 5.29. The van der Waals surface area contributed by atoms with Crippen molar-refractivity contribution in [1.29, 1.82) is 0 Å². The van der Waals surface area contributed by atoms with Crippen LogP contribution in [0.15, 0.2) is 0 Å². The number of nitrogens with one attached hydrogen (secondary N) is 1. The van der Waals surface area contributed by atoms with Crippen molar-refractivity contribution in [2.45, 2.75) is 37.3 Å². The number of carbonyl (C=O) groups excluding carboxylic acids is 1. The first-order chi connectivity index (χ1) is 9.76. The van der Waals surface area contributed by atoms with Gasteiger partial charge in [-0.05, 0) is 40.3 Å². The number of likely N-dealkylation sites (N-methyl/N-ethyl adjacent to an activating group) is 1. The van der Waals surface area contributed by atoms with E-state index in [1.807, 2.05) is 21.0 Å². The zero-order chi connectivity index (χ0) is 15.7. The van der Waals surface area contributed by atoms with Crippen LogP contribution in [0.3, 0.4) is 0 Å². The Morgan fingerprint density at radius 1 is 1.33 bits per heavy atom. The summed E-state index contributed by atoms with van der Waals surface area (Å²) in [6.45, 7) is 3.02. The number of carboxylic acid groups (broad SMARTS) is 1. The van der Waals surface area contributed by atoms with Crippen LogP contribution in [0.25, 0.3) is 0 Å². The van der Waals surface area contributed by atoms with E-state index >= 15 is 0 Å². The Morgan fingerprint density at radius 2 is 1.95 bits per heavy atom. The predicted octanol–water partition coefficient (Wildman–Crippen LogP) is 0.356. The largest absolute Gasteiger partial charge is 0.480 e. The molecule has 7 heteroatoms. The monoisotopic (exact) mass is 299 g/mol. The highest BCUT2D eigenvalue weighted by Crippen LogP contribution is 2.35. The molecule has 2 fully saturated rings. The van der Waals surface area contributed by atoms with Crippen molar-refractivity contribution >= 4 is 12.0 Å². The number of ether oxygens (including phenoxy) is 1. The molecule has 2 amide bonds. The van der Waals surface area contributed by atoms with Gasteiger partial charge in [-0.15, -0.1) is 0 Å². The summed E-state index contributed by atoms with van der Waals surface area (Å²) in [5.41, 5.74) is -0.435. The Morgan fingerprint density at radius 3 is 2.38 bits per heavy atom. The number of aliphatic carboxylic acids is 1. The van der Waals surface area contributed by atoms with E-state index in [4.69, 9.17) is 9.84 Å². The molecule has 0 spiro atoms. The van der Waals surface area contributed by atoms with Crippen LogP contribution < -0.4 is 5.32 Å². The molecule has 2 rings (SSSR count). The molecule has 1 heterocycles. The summed E-state index contributed by atoms with van der Waals surface area (Å²) >= 11 is 0. The molecule has 1 aliphatic carbocycles. The first-order valence-corrected chi connectivity index (χ1v) is 7.32. The maximum absolute atomic E-state index is 12.1. The van der Waals surface area contributed by atoms with Gasteiger partial charge in [0.2, 0.25) is 0 Å². The Balaban J connectivity index is 1.73. The molecule has 2 N–H and O–H groups in total. The van der Waals surface area contributed by atoms with E-state index in [9.17, 15) is 9.59 Å². The maximum Gasteiger partial charge on any atom is 0.329 e. The van der Waals surface area contributed by atoms with Gasteiger partial charge in [-0.25, -0.2) is 9.59 Å². The highest BCUT2D eigenvalue weighted by molar-refractivity contribution is 5.75. The Kier molecular flexibility index (Phi) is 4.43. The molecule has 0 atom stereocenters. The zero-order valence-corrected chi connectivity index (χ0v) is 13.0. The molecule has 1 aliphatic heterocycles. The molecular formula is C14H25N3O4. The van der Waals surface area contributed by atoms with Crippen molar-refractivity contribution in [3.63, 3.8) is 0 Å². The number of carboxylic acids is 1. The van der Waals surface area contributed by atoms with Crippen molar-refractivity contribution in [3.8, 4) is 0 Å². The van der Waals surface area contributed by atoms with Gasteiger partial charge in [0.05, 0.1) is 13.1 Å². The first kappa shape index (κ1) is 16.0. The minimum Gasteiger partial charge on any atom is -0.480 e. The lowest BCUT2D eigenvalue weighted by atomic mass is 9.75. The van der Waals surface area contributed by atoms with Crippen LogP contribution in [0.4, 0.5) is 4.79 Å². The molecule has 0 aromatic carbocycles. The first-order valence-electron chi connectivity index (χ1n) is 7.32. The summed E-state index contributed by atoms with van der Waals surface area (Å²) in [7, 11) is 4.09. The van der Waals surface area contributed by atoms with Crippen molar-refractivity contribution in [2.75, 3.05) is 40.3 Å². The molecule has 0 aromatic heterocycles. The maximum atomic E-state index is 12.1. The number of likely N-dealkylation sites (tertiary alicyclic amines) is 1. The van der Waals surface area contributed by atoms with Crippen LogP contribution in [0, 0.1) is 0 Å².